The van der Waals surface area contributed by atoms with E-state index in [1.165, 1.54) is 6.20 Å². The van der Waals surface area contributed by atoms with Gasteiger partial charge in [0.15, 0.2) is 0 Å². The van der Waals surface area contributed by atoms with E-state index < -0.39 is 0 Å². The van der Waals surface area contributed by atoms with Gasteiger partial charge in [-0.2, -0.15) is 10.3 Å². The summed E-state index contributed by atoms with van der Waals surface area (Å²) in [7, 11) is 0. The number of hydrogen-bond donors (Lipinski definition) is 1. The number of aromatic nitrogens is 3. The van der Waals surface area contributed by atoms with Crippen molar-refractivity contribution in [1.29, 1.82) is 0 Å². The van der Waals surface area contributed by atoms with E-state index in [9.17, 15) is 0 Å². The topological polar surface area (TPSA) is 50.8 Å². The van der Waals surface area contributed by atoms with Crippen LogP contribution in [0.1, 0.15) is 5.56 Å². The number of nitrogens with one attached hydrogen (secondary N) is 1. The highest BCUT2D eigenvalue weighted by atomic mass is 35.5. The molecule has 100 valence electrons. The van der Waals surface area contributed by atoms with Crippen LogP contribution < -0.4 is 4.74 Å². The number of hydrogen-bond acceptors (Lipinski definition) is 3. The molecule has 4 nitrogen and oxygen atoms in total. The van der Waals surface area contributed by atoms with Crippen molar-refractivity contribution in [1.82, 2.24) is 15.4 Å². The van der Waals surface area contributed by atoms with Crippen molar-refractivity contribution < 1.29 is 4.74 Å². The highest BCUT2D eigenvalue weighted by molar-refractivity contribution is 6.33. The first kappa shape index (κ1) is 12.7. The number of ether oxygens (including phenoxy) is 1. The minimum atomic E-state index is 0.454. The van der Waals surface area contributed by atoms with E-state index in [0.717, 1.165) is 21.7 Å². The summed E-state index contributed by atoms with van der Waals surface area (Å²) in [5.41, 5.74) is 3.17. The third-order valence-electron chi connectivity index (χ3n) is 2.92. The quantitative estimate of drug-likeness (QED) is 0.795. The maximum Gasteiger partial charge on any atom is 0.253 e. The molecule has 3 aromatic rings. The number of aromatic amines is 1. The Kier molecular flexibility index (Phi) is 3.65. The van der Waals surface area contributed by atoms with Crippen LogP contribution in [0.2, 0.25) is 5.02 Å². The summed E-state index contributed by atoms with van der Waals surface area (Å²) in [5, 5.41) is 10.8. The molecular weight excluding hydrogens is 274 g/mol. The van der Waals surface area contributed by atoms with Gasteiger partial charge in [-0.15, -0.1) is 5.10 Å². The lowest BCUT2D eigenvalue weighted by atomic mass is 10.0. The van der Waals surface area contributed by atoms with Crippen molar-refractivity contribution in [3.8, 4) is 17.0 Å². The SMILES string of the molecule is Clc1ccccc1-c1ccc(COc2cn[nH]n2)cc1. The molecule has 20 heavy (non-hydrogen) atoms. The van der Waals surface area contributed by atoms with Gasteiger partial charge in [-0.25, -0.2) is 0 Å². The lowest BCUT2D eigenvalue weighted by Gasteiger charge is -2.06. The van der Waals surface area contributed by atoms with Crippen molar-refractivity contribution in [2.75, 3.05) is 0 Å². The van der Waals surface area contributed by atoms with Crippen molar-refractivity contribution >= 4 is 11.6 Å². The zero-order valence-electron chi connectivity index (χ0n) is 10.6. The molecule has 0 aliphatic rings. The van der Waals surface area contributed by atoms with Crippen LogP contribution in [-0.4, -0.2) is 15.4 Å². The van der Waals surface area contributed by atoms with Crippen LogP contribution in [0, 0.1) is 0 Å². The minimum absolute atomic E-state index is 0.454. The van der Waals surface area contributed by atoms with Crippen LogP contribution in [-0.2, 0) is 6.61 Å². The van der Waals surface area contributed by atoms with Crippen molar-refractivity contribution in [2.24, 2.45) is 0 Å². The summed E-state index contributed by atoms with van der Waals surface area (Å²) in [4.78, 5) is 0. The molecule has 2 aromatic carbocycles. The normalized spacial score (nSPS) is 10.4. The molecule has 0 radical (unpaired) electrons. The third kappa shape index (κ3) is 2.81. The molecule has 1 N–H and O–H groups in total. The monoisotopic (exact) mass is 285 g/mol. The fraction of sp³-hybridized carbons (Fsp3) is 0.0667. The Labute approximate surface area is 121 Å². The second kappa shape index (κ2) is 5.75. The number of halogens is 1. The Bertz CT molecular complexity index is 681. The Morgan fingerprint density at radius 2 is 1.85 bits per heavy atom. The molecule has 0 saturated heterocycles. The first-order valence-electron chi connectivity index (χ1n) is 6.15. The fourth-order valence-electron chi connectivity index (χ4n) is 1.89. The molecule has 0 saturated carbocycles. The van der Waals surface area contributed by atoms with E-state index >= 15 is 0 Å². The summed E-state index contributed by atoms with van der Waals surface area (Å²) < 4.78 is 5.47. The van der Waals surface area contributed by atoms with E-state index in [0.29, 0.717) is 12.5 Å². The van der Waals surface area contributed by atoms with E-state index in [1.807, 2.05) is 48.5 Å². The van der Waals surface area contributed by atoms with Crippen molar-refractivity contribution in [3.63, 3.8) is 0 Å². The van der Waals surface area contributed by atoms with E-state index in [1.54, 1.807) is 0 Å². The largest absolute Gasteiger partial charge is 0.471 e. The predicted molar refractivity (Wildman–Crippen MR) is 77.6 cm³/mol. The Morgan fingerprint density at radius 1 is 1.05 bits per heavy atom. The molecule has 3 rings (SSSR count). The van der Waals surface area contributed by atoms with Crippen molar-refractivity contribution in [2.45, 2.75) is 6.61 Å². The lowest BCUT2D eigenvalue weighted by Crippen LogP contribution is -1.95. The molecule has 0 amide bonds. The van der Waals surface area contributed by atoms with Gasteiger partial charge in [0.25, 0.3) is 5.88 Å². The minimum Gasteiger partial charge on any atom is -0.471 e. The van der Waals surface area contributed by atoms with Crippen LogP contribution in [0.3, 0.4) is 0 Å². The second-order valence-electron chi connectivity index (χ2n) is 4.27. The maximum absolute atomic E-state index is 6.18. The zero-order chi connectivity index (χ0) is 13.8. The number of rotatable bonds is 4. The van der Waals surface area contributed by atoms with Gasteiger partial charge in [-0.1, -0.05) is 54.1 Å². The Morgan fingerprint density at radius 3 is 2.55 bits per heavy atom. The van der Waals surface area contributed by atoms with E-state index in [-0.39, 0.29) is 0 Å². The molecule has 0 aliphatic heterocycles. The highest BCUT2D eigenvalue weighted by Crippen LogP contribution is 2.27. The van der Waals surface area contributed by atoms with Crippen LogP contribution in [0.4, 0.5) is 0 Å². The fourth-order valence-corrected chi connectivity index (χ4v) is 2.14. The average molecular weight is 286 g/mol. The van der Waals surface area contributed by atoms with Crippen LogP contribution in [0.15, 0.2) is 54.7 Å². The molecule has 0 fully saturated rings. The number of nitrogens with zero attached hydrogens (tertiary/aromatic N) is 2. The van der Waals surface area contributed by atoms with Crippen LogP contribution >= 0.6 is 11.6 Å². The zero-order valence-corrected chi connectivity index (χ0v) is 11.3. The summed E-state index contributed by atoms with van der Waals surface area (Å²) in [5.74, 6) is 0.486. The summed E-state index contributed by atoms with van der Waals surface area (Å²) >= 11 is 6.18. The molecule has 0 aliphatic carbocycles. The van der Waals surface area contributed by atoms with Gasteiger partial charge in [0.1, 0.15) is 12.8 Å². The summed E-state index contributed by atoms with van der Waals surface area (Å²) in [6.45, 7) is 0.454. The Hall–Kier alpha value is -2.33. The van der Waals surface area contributed by atoms with E-state index in [2.05, 4.69) is 15.4 Å². The van der Waals surface area contributed by atoms with Gasteiger partial charge in [0, 0.05) is 10.6 Å². The molecule has 0 atom stereocenters. The molecule has 0 unspecified atom stereocenters. The van der Waals surface area contributed by atoms with Gasteiger partial charge < -0.3 is 4.74 Å². The summed E-state index contributed by atoms with van der Waals surface area (Å²) in [6, 6.07) is 15.9. The highest BCUT2D eigenvalue weighted by Gasteiger charge is 2.03. The molecule has 0 spiro atoms. The lowest BCUT2D eigenvalue weighted by molar-refractivity contribution is 0.293. The number of benzene rings is 2. The first-order valence-corrected chi connectivity index (χ1v) is 6.53. The molecule has 1 heterocycles. The van der Waals surface area contributed by atoms with Crippen LogP contribution in [0.25, 0.3) is 11.1 Å². The van der Waals surface area contributed by atoms with Gasteiger partial charge in [0.2, 0.25) is 0 Å². The third-order valence-corrected chi connectivity index (χ3v) is 3.25. The molecule has 0 bridgehead atoms. The van der Waals surface area contributed by atoms with Crippen LogP contribution in [0.5, 0.6) is 5.88 Å². The Balaban J connectivity index is 1.73. The average Bonchev–Trinajstić information content (AvgIpc) is 3.00. The number of H-pyrrole nitrogens is 1. The van der Waals surface area contributed by atoms with E-state index in [4.69, 9.17) is 16.3 Å². The van der Waals surface area contributed by atoms with Gasteiger partial charge >= 0.3 is 0 Å². The second-order valence-corrected chi connectivity index (χ2v) is 4.68. The summed E-state index contributed by atoms with van der Waals surface area (Å²) in [6.07, 6.45) is 1.54. The standard InChI is InChI=1S/C15H12ClN3O/c16-14-4-2-1-3-13(14)12-7-5-11(6-8-12)10-20-15-9-17-19-18-15/h1-9H,10H2,(H,17,18,19). The first-order chi connectivity index (χ1) is 9.83. The van der Waals surface area contributed by atoms with Gasteiger partial charge in [-0.05, 0) is 17.2 Å². The van der Waals surface area contributed by atoms with Crippen molar-refractivity contribution in [3.05, 3.63) is 65.3 Å². The molecular formula is C15H12ClN3O. The maximum atomic E-state index is 6.18. The molecule has 5 heteroatoms. The smallest absolute Gasteiger partial charge is 0.253 e. The molecule has 1 aromatic heterocycles. The predicted octanol–water partition coefficient (Wildman–Crippen LogP) is 3.70. The van der Waals surface area contributed by atoms with Gasteiger partial charge in [0.05, 0.1) is 0 Å². The van der Waals surface area contributed by atoms with Gasteiger partial charge in [-0.3, -0.25) is 0 Å².